The summed E-state index contributed by atoms with van der Waals surface area (Å²) in [7, 11) is 1.37. The van der Waals surface area contributed by atoms with Crippen molar-refractivity contribution in [1.82, 2.24) is 4.90 Å². The Kier molecular flexibility index (Phi) is 7.64. The average Bonchev–Trinajstić information content (AvgIpc) is 2.37. The van der Waals surface area contributed by atoms with Crippen molar-refractivity contribution in [3.8, 4) is 0 Å². The number of rotatable bonds is 1. The molecule has 0 saturated carbocycles. The third kappa shape index (κ3) is 6.96. The van der Waals surface area contributed by atoms with Crippen LogP contribution in [0.25, 0.3) is 0 Å². The van der Waals surface area contributed by atoms with Crippen molar-refractivity contribution in [1.29, 1.82) is 0 Å². The first kappa shape index (κ1) is 18.2. The fourth-order valence-electron chi connectivity index (χ4n) is 1.83. The highest BCUT2D eigenvalue weighted by Gasteiger charge is 2.31. The summed E-state index contributed by atoms with van der Waals surface area (Å²) in [5.41, 5.74) is -0.505. The predicted molar refractivity (Wildman–Crippen MR) is 71.2 cm³/mol. The molecule has 1 atom stereocenters. The van der Waals surface area contributed by atoms with Gasteiger partial charge in [0.05, 0.1) is 13.0 Å². The molecule has 1 N–H and O–H groups in total. The van der Waals surface area contributed by atoms with Gasteiger partial charge >= 0.3 is 12.1 Å². The summed E-state index contributed by atoms with van der Waals surface area (Å²) in [6, 6.07) is 0. The number of carbonyl (C=O) groups excluding carboxylic acids is 2. The van der Waals surface area contributed by atoms with E-state index in [0.29, 0.717) is 13.1 Å². The second-order valence-electron chi connectivity index (χ2n) is 5.39. The minimum absolute atomic E-state index is 0.221. The SMILES string of the molecule is COC(=O)[C@@H]1CCCN(C(=O)OC(C)(C)C)C1.O=CO. The van der Waals surface area contributed by atoms with Gasteiger partial charge in [-0.3, -0.25) is 9.59 Å². The topological polar surface area (TPSA) is 93.1 Å². The maximum Gasteiger partial charge on any atom is 0.410 e. The van der Waals surface area contributed by atoms with E-state index in [9.17, 15) is 9.59 Å². The molecule has 0 aromatic rings. The zero-order chi connectivity index (χ0) is 15.8. The molecular formula is C13H23NO6. The van der Waals surface area contributed by atoms with Gasteiger partial charge in [0, 0.05) is 13.1 Å². The zero-order valence-electron chi connectivity index (χ0n) is 12.4. The number of nitrogens with zero attached hydrogens (tertiary/aromatic N) is 1. The van der Waals surface area contributed by atoms with E-state index >= 15 is 0 Å². The van der Waals surface area contributed by atoms with Gasteiger partial charge in [-0.1, -0.05) is 0 Å². The van der Waals surface area contributed by atoms with Crippen molar-refractivity contribution in [2.75, 3.05) is 20.2 Å². The molecule has 0 aliphatic carbocycles. The second kappa shape index (κ2) is 8.39. The van der Waals surface area contributed by atoms with Crippen molar-refractivity contribution in [2.45, 2.75) is 39.2 Å². The third-order valence-electron chi connectivity index (χ3n) is 2.61. The largest absolute Gasteiger partial charge is 0.483 e. The lowest BCUT2D eigenvalue weighted by Crippen LogP contribution is -2.44. The second-order valence-corrected chi connectivity index (χ2v) is 5.39. The van der Waals surface area contributed by atoms with Gasteiger partial charge in [-0.05, 0) is 33.6 Å². The van der Waals surface area contributed by atoms with Gasteiger partial charge in [-0.2, -0.15) is 0 Å². The average molecular weight is 289 g/mol. The normalized spacial score (nSPS) is 18.4. The molecule has 1 fully saturated rings. The van der Waals surface area contributed by atoms with E-state index in [2.05, 4.69) is 0 Å². The summed E-state index contributed by atoms with van der Waals surface area (Å²) in [6.45, 7) is 6.26. The van der Waals surface area contributed by atoms with E-state index in [1.165, 1.54) is 7.11 Å². The van der Waals surface area contributed by atoms with E-state index in [1.807, 2.05) is 20.8 Å². The maximum absolute atomic E-state index is 11.8. The van der Waals surface area contributed by atoms with Crippen molar-refractivity contribution >= 4 is 18.5 Å². The van der Waals surface area contributed by atoms with Crippen molar-refractivity contribution in [3.05, 3.63) is 0 Å². The highest BCUT2D eigenvalue weighted by atomic mass is 16.6. The maximum atomic E-state index is 11.8. The molecule has 1 saturated heterocycles. The number of ether oxygens (including phenoxy) is 2. The van der Waals surface area contributed by atoms with Gasteiger partial charge in [0.1, 0.15) is 5.60 Å². The molecule has 0 aromatic heterocycles. The van der Waals surface area contributed by atoms with Crippen LogP contribution in [0.15, 0.2) is 0 Å². The van der Waals surface area contributed by atoms with Crippen LogP contribution in [-0.4, -0.2) is 54.3 Å². The minimum Gasteiger partial charge on any atom is -0.483 e. The molecule has 1 heterocycles. The summed E-state index contributed by atoms with van der Waals surface area (Å²) < 4.78 is 9.97. The monoisotopic (exact) mass is 289 g/mol. The Bertz CT molecular complexity index is 336. The lowest BCUT2D eigenvalue weighted by atomic mass is 9.99. The molecule has 1 aliphatic heterocycles. The van der Waals surface area contributed by atoms with E-state index in [0.717, 1.165) is 12.8 Å². The molecule has 0 spiro atoms. The van der Waals surface area contributed by atoms with Crippen LogP contribution in [0.4, 0.5) is 4.79 Å². The van der Waals surface area contributed by atoms with E-state index in [4.69, 9.17) is 19.4 Å². The molecule has 7 nitrogen and oxygen atoms in total. The third-order valence-corrected chi connectivity index (χ3v) is 2.61. The fourth-order valence-corrected chi connectivity index (χ4v) is 1.83. The fraction of sp³-hybridized carbons (Fsp3) is 0.769. The predicted octanol–water partition coefficient (Wildman–Crippen LogP) is 1.51. The van der Waals surface area contributed by atoms with Crippen molar-refractivity contribution in [2.24, 2.45) is 5.92 Å². The van der Waals surface area contributed by atoms with Gasteiger partial charge in [-0.25, -0.2) is 4.79 Å². The van der Waals surface area contributed by atoms with Crippen LogP contribution in [0.3, 0.4) is 0 Å². The Morgan fingerprint density at radius 1 is 1.35 bits per heavy atom. The highest BCUT2D eigenvalue weighted by Crippen LogP contribution is 2.20. The smallest absolute Gasteiger partial charge is 0.410 e. The summed E-state index contributed by atoms with van der Waals surface area (Å²) in [6.07, 6.45) is 1.22. The number of amides is 1. The summed E-state index contributed by atoms with van der Waals surface area (Å²) in [4.78, 5) is 33.2. The Morgan fingerprint density at radius 3 is 2.35 bits per heavy atom. The first-order valence-corrected chi connectivity index (χ1v) is 6.38. The lowest BCUT2D eigenvalue weighted by Gasteiger charge is -2.32. The van der Waals surface area contributed by atoms with E-state index in [1.54, 1.807) is 4.90 Å². The molecule has 1 aliphatic rings. The van der Waals surface area contributed by atoms with Gasteiger partial charge in [0.2, 0.25) is 0 Å². The van der Waals surface area contributed by atoms with Crippen LogP contribution >= 0.6 is 0 Å². The first-order chi connectivity index (χ1) is 9.25. The number of esters is 1. The van der Waals surface area contributed by atoms with E-state index < -0.39 is 5.60 Å². The molecule has 1 amide bonds. The number of methoxy groups -OCH3 is 1. The lowest BCUT2D eigenvalue weighted by molar-refractivity contribution is -0.147. The molecule has 7 heteroatoms. The van der Waals surface area contributed by atoms with E-state index in [-0.39, 0.29) is 24.5 Å². The molecule has 1 rings (SSSR count). The number of carbonyl (C=O) groups is 3. The number of piperidine rings is 1. The number of hydrogen-bond acceptors (Lipinski definition) is 5. The van der Waals surface area contributed by atoms with Gasteiger partial charge < -0.3 is 19.5 Å². The first-order valence-electron chi connectivity index (χ1n) is 6.38. The van der Waals surface area contributed by atoms with Crippen LogP contribution in [0.1, 0.15) is 33.6 Å². The van der Waals surface area contributed by atoms with Crippen LogP contribution in [0.5, 0.6) is 0 Å². The summed E-state index contributed by atoms with van der Waals surface area (Å²) in [5, 5.41) is 6.89. The van der Waals surface area contributed by atoms with Crippen molar-refractivity contribution in [3.63, 3.8) is 0 Å². The van der Waals surface area contributed by atoms with Crippen LogP contribution in [0, 0.1) is 5.92 Å². The molecule has 0 aromatic carbocycles. The molecule has 20 heavy (non-hydrogen) atoms. The van der Waals surface area contributed by atoms with Gasteiger partial charge in [0.15, 0.2) is 0 Å². The van der Waals surface area contributed by atoms with Crippen LogP contribution in [-0.2, 0) is 19.1 Å². The quantitative estimate of drug-likeness (QED) is 0.581. The Labute approximate surface area is 118 Å². The van der Waals surface area contributed by atoms with Gasteiger partial charge in [-0.15, -0.1) is 0 Å². The number of hydrogen-bond donors (Lipinski definition) is 1. The summed E-state index contributed by atoms with van der Waals surface area (Å²) in [5.74, 6) is -0.473. The minimum atomic E-state index is -0.505. The molecule has 0 radical (unpaired) electrons. The molecule has 0 bridgehead atoms. The number of carboxylic acid groups (broad SMARTS) is 1. The Hall–Kier alpha value is -1.79. The molecular weight excluding hydrogens is 266 g/mol. The zero-order valence-corrected chi connectivity index (χ0v) is 12.4. The standard InChI is InChI=1S/C12H21NO4.CH2O2/c1-12(2,3)17-11(15)13-7-5-6-9(8-13)10(14)16-4;2-1-3/h9H,5-8H2,1-4H3;1H,(H,2,3)/t9-;/m1./s1. The van der Waals surface area contributed by atoms with Crippen molar-refractivity contribution < 1.29 is 29.0 Å². The highest BCUT2D eigenvalue weighted by molar-refractivity contribution is 5.74. The summed E-state index contributed by atoms with van der Waals surface area (Å²) >= 11 is 0. The molecule has 0 unspecified atom stereocenters. The van der Waals surface area contributed by atoms with Crippen LogP contribution in [0.2, 0.25) is 0 Å². The number of likely N-dealkylation sites (tertiary alicyclic amines) is 1. The van der Waals surface area contributed by atoms with Gasteiger partial charge in [0.25, 0.3) is 6.47 Å². The Balaban J connectivity index is 0.00000110. The molecule has 116 valence electrons. The van der Waals surface area contributed by atoms with Crippen LogP contribution < -0.4 is 0 Å². The Morgan fingerprint density at radius 2 is 1.90 bits per heavy atom.